The Morgan fingerprint density at radius 3 is 3.09 bits per heavy atom. The van der Waals surface area contributed by atoms with Crippen LogP contribution in [0.4, 0.5) is 0 Å². The van der Waals surface area contributed by atoms with Crippen molar-refractivity contribution in [3.05, 3.63) is 39.4 Å². The van der Waals surface area contributed by atoms with Gasteiger partial charge >= 0.3 is 0 Å². The van der Waals surface area contributed by atoms with E-state index in [1.165, 1.54) is 11.3 Å². The molecule has 0 bridgehead atoms. The molecule has 1 N–H and O–H groups in total. The average Bonchev–Trinajstić information content (AvgIpc) is 3.23. The molecule has 0 aliphatic carbocycles. The summed E-state index contributed by atoms with van der Waals surface area (Å²) in [5.41, 5.74) is 0.865. The lowest BCUT2D eigenvalue weighted by atomic mass is 9.98. The number of ether oxygens (including phenoxy) is 2. The molecule has 0 spiro atoms. The van der Waals surface area contributed by atoms with Crippen LogP contribution in [0.15, 0.2) is 22.7 Å². The number of rotatable bonds is 6. The van der Waals surface area contributed by atoms with Crippen molar-refractivity contribution in [1.82, 2.24) is 10.5 Å². The van der Waals surface area contributed by atoms with Crippen LogP contribution in [0.1, 0.15) is 26.0 Å². The largest absolute Gasteiger partial charge is 0.379 e. The molecule has 0 aromatic carbocycles. The lowest BCUT2D eigenvalue weighted by Gasteiger charge is -2.17. The highest BCUT2D eigenvalue weighted by molar-refractivity contribution is 7.14. The number of aromatic nitrogens is 1. The zero-order valence-electron chi connectivity index (χ0n) is 13.2. The molecule has 1 aliphatic heterocycles. The van der Waals surface area contributed by atoms with E-state index >= 15 is 0 Å². The Hall–Kier alpha value is -1.70. The van der Waals surface area contributed by atoms with Gasteiger partial charge in [0.25, 0.3) is 5.91 Å². The quantitative estimate of drug-likeness (QED) is 0.875. The third-order valence-electron chi connectivity index (χ3n) is 3.83. The van der Waals surface area contributed by atoms with Crippen molar-refractivity contribution in [2.45, 2.75) is 26.0 Å². The van der Waals surface area contributed by atoms with E-state index in [1.54, 1.807) is 7.11 Å². The standard InChI is InChI=1S/C16H20N2O4S/c1-10-5-12(22-18-10)6-11-7-21-9-14(11)17-16(19)15-4-3-13(23-15)8-20-2/h3-5,11,14H,6-9H2,1-2H3,(H,17,19). The molecule has 1 fully saturated rings. The minimum absolute atomic E-state index is 0.0131. The molecule has 3 heterocycles. The van der Waals surface area contributed by atoms with Crippen LogP contribution in [0.25, 0.3) is 0 Å². The van der Waals surface area contributed by atoms with Crippen LogP contribution < -0.4 is 5.32 Å². The van der Waals surface area contributed by atoms with Crippen molar-refractivity contribution in [3.63, 3.8) is 0 Å². The maximum Gasteiger partial charge on any atom is 0.261 e. The summed E-state index contributed by atoms with van der Waals surface area (Å²) in [5, 5.41) is 6.97. The molecular formula is C16H20N2O4S. The topological polar surface area (TPSA) is 73.6 Å². The van der Waals surface area contributed by atoms with Gasteiger partial charge in [-0.25, -0.2) is 0 Å². The van der Waals surface area contributed by atoms with Gasteiger partial charge < -0.3 is 19.3 Å². The number of aryl methyl sites for hydroxylation is 1. The molecule has 0 radical (unpaired) electrons. The van der Waals surface area contributed by atoms with Gasteiger partial charge in [-0.15, -0.1) is 11.3 Å². The first-order valence-corrected chi connectivity index (χ1v) is 8.36. The number of amides is 1. The van der Waals surface area contributed by atoms with Gasteiger partial charge in [-0.2, -0.15) is 0 Å². The third kappa shape index (κ3) is 3.99. The first-order chi connectivity index (χ1) is 11.2. The summed E-state index contributed by atoms with van der Waals surface area (Å²) in [5.74, 6) is 0.965. The molecule has 1 aliphatic rings. The Balaban J connectivity index is 1.60. The fourth-order valence-electron chi connectivity index (χ4n) is 2.69. The van der Waals surface area contributed by atoms with Gasteiger partial charge in [0.2, 0.25) is 0 Å². The van der Waals surface area contributed by atoms with Crippen molar-refractivity contribution in [2.24, 2.45) is 5.92 Å². The van der Waals surface area contributed by atoms with Crippen LogP contribution in [0, 0.1) is 12.8 Å². The Kier molecular flexibility index (Phi) is 5.09. The molecule has 2 aromatic rings. The summed E-state index contributed by atoms with van der Waals surface area (Å²) in [4.78, 5) is 14.1. The van der Waals surface area contributed by atoms with E-state index in [-0.39, 0.29) is 17.9 Å². The van der Waals surface area contributed by atoms with Gasteiger partial charge in [0, 0.05) is 30.4 Å². The SMILES string of the molecule is COCc1ccc(C(=O)NC2COCC2Cc2cc(C)no2)s1. The molecule has 23 heavy (non-hydrogen) atoms. The zero-order valence-corrected chi connectivity index (χ0v) is 14.0. The average molecular weight is 336 g/mol. The number of nitrogens with zero attached hydrogens (tertiary/aromatic N) is 1. The van der Waals surface area contributed by atoms with Crippen molar-refractivity contribution >= 4 is 17.2 Å². The fraction of sp³-hybridized carbons (Fsp3) is 0.500. The molecule has 124 valence electrons. The first-order valence-electron chi connectivity index (χ1n) is 7.54. The van der Waals surface area contributed by atoms with E-state index in [9.17, 15) is 4.79 Å². The van der Waals surface area contributed by atoms with E-state index < -0.39 is 0 Å². The van der Waals surface area contributed by atoms with Crippen LogP contribution >= 0.6 is 11.3 Å². The fourth-order valence-corrected chi connectivity index (χ4v) is 3.57. The second-order valence-corrected chi connectivity index (χ2v) is 6.88. The number of hydrogen-bond acceptors (Lipinski definition) is 6. The highest BCUT2D eigenvalue weighted by Gasteiger charge is 2.31. The Morgan fingerprint density at radius 1 is 1.48 bits per heavy atom. The first kappa shape index (κ1) is 16.2. The normalized spacial score (nSPS) is 20.8. The van der Waals surface area contributed by atoms with Crippen LogP contribution in [-0.2, 0) is 22.5 Å². The molecule has 2 atom stereocenters. The van der Waals surface area contributed by atoms with Crippen LogP contribution in [0.2, 0.25) is 0 Å². The van der Waals surface area contributed by atoms with Crippen molar-refractivity contribution in [2.75, 3.05) is 20.3 Å². The van der Waals surface area contributed by atoms with E-state index in [2.05, 4.69) is 10.5 Å². The maximum atomic E-state index is 12.4. The summed E-state index contributed by atoms with van der Waals surface area (Å²) >= 11 is 1.45. The summed E-state index contributed by atoms with van der Waals surface area (Å²) in [7, 11) is 1.64. The number of carbonyl (C=O) groups is 1. The van der Waals surface area contributed by atoms with E-state index in [1.807, 2.05) is 25.1 Å². The highest BCUT2D eigenvalue weighted by atomic mass is 32.1. The number of hydrogen-bond donors (Lipinski definition) is 1. The number of methoxy groups -OCH3 is 1. The molecule has 2 aromatic heterocycles. The molecule has 1 amide bonds. The summed E-state index contributed by atoms with van der Waals surface area (Å²) in [6.07, 6.45) is 0.713. The second-order valence-electron chi connectivity index (χ2n) is 5.72. The minimum Gasteiger partial charge on any atom is -0.379 e. The number of thiophene rings is 1. The van der Waals surface area contributed by atoms with Crippen LogP contribution in [0.5, 0.6) is 0 Å². The third-order valence-corrected chi connectivity index (χ3v) is 4.88. The zero-order chi connectivity index (χ0) is 16.2. The molecule has 6 nitrogen and oxygen atoms in total. The van der Waals surface area contributed by atoms with E-state index in [0.717, 1.165) is 16.3 Å². The summed E-state index contributed by atoms with van der Waals surface area (Å²) < 4.78 is 15.9. The van der Waals surface area contributed by atoms with Crippen molar-refractivity contribution < 1.29 is 18.8 Å². The van der Waals surface area contributed by atoms with Gasteiger partial charge in [0.05, 0.1) is 36.4 Å². The van der Waals surface area contributed by atoms with Gasteiger partial charge in [-0.1, -0.05) is 5.16 Å². The van der Waals surface area contributed by atoms with Crippen molar-refractivity contribution in [1.29, 1.82) is 0 Å². The number of nitrogens with one attached hydrogen (secondary N) is 1. The second kappa shape index (κ2) is 7.25. The van der Waals surface area contributed by atoms with Crippen LogP contribution in [0.3, 0.4) is 0 Å². The Bertz CT molecular complexity index is 667. The number of carbonyl (C=O) groups excluding carboxylic acids is 1. The Labute approximate surface area is 138 Å². The lowest BCUT2D eigenvalue weighted by Crippen LogP contribution is -2.40. The van der Waals surface area contributed by atoms with Gasteiger partial charge in [-0.3, -0.25) is 4.79 Å². The predicted molar refractivity (Wildman–Crippen MR) is 85.5 cm³/mol. The van der Waals surface area contributed by atoms with E-state index in [4.69, 9.17) is 14.0 Å². The molecule has 0 saturated carbocycles. The summed E-state index contributed by atoms with van der Waals surface area (Å²) in [6, 6.07) is 5.66. The Morgan fingerprint density at radius 2 is 2.35 bits per heavy atom. The monoisotopic (exact) mass is 336 g/mol. The van der Waals surface area contributed by atoms with Crippen molar-refractivity contribution in [3.8, 4) is 0 Å². The minimum atomic E-state index is -0.0633. The van der Waals surface area contributed by atoms with Gasteiger partial charge in [0.1, 0.15) is 5.76 Å². The van der Waals surface area contributed by atoms with Gasteiger partial charge in [-0.05, 0) is 19.1 Å². The van der Waals surface area contributed by atoms with Crippen LogP contribution in [-0.4, -0.2) is 37.4 Å². The summed E-state index contributed by atoms with van der Waals surface area (Å²) in [6.45, 7) is 3.56. The molecule has 3 rings (SSSR count). The van der Waals surface area contributed by atoms with Gasteiger partial charge in [0.15, 0.2) is 0 Å². The van der Waals surface area contributed by atoms with E-state index in [0.29, 0.717) is 31.1 Å². The molecule has 7 heteroatoms. The lowest BCUT2D eigenvalue weighted by molar-refractivity contribution is 0.0928. The maximum absolute atomic E-state index is 12.4. The predicted octanol–water partition coefficient (Wildman–Crippen LogP) is 2.18. The molecule has 1 saturated heterocycles. The smallest absolute Gasteiger partial charge is 0.261 e. The molecule has 2 unspecified atom stereocenters. The molecular weight excluding hydrogens is 316 g/mol. The highest BCUT2D eigenvalue weighted by Crippen LogP contribution is 2.22.